The average Bonchev–Trinajstić information content (AvgIpc) is 2.59. The number of rotatable bonds is 4. The Kier molecular flexibility index (Phi) is 5.74. The molecule has 1 aromatic carbocycles. The van der Waals surface area contributed by atoms with E-state index in [1.165, 1.54) is 21.3 Å². The molecule has 1 aromatic rings. The summed E-state index contributed by atoms with van der Waals surface area (Å²) in [7, 11) is 4.00. The molecule has 5 nitrogen and oxygen atoms in total. The van der Waals surface area contributed by atoms with Crippen LogP contribution in [0.25, 0.3) is 0 Å². The molecule has 1 heterocycles. The zero-order valence-electron chi connectivity index (χ0n) is 12.8. The molecule has 0 aromatic heterocycles. The van der Waals surface area contributed by atoms with Gasteiger partial charge in [-0.1, -0.05) is 41.6 Å². The lowest BCUT2D eigenvalue weighted by Crippen LogP contribution is -2.24. The second-order valence-corrected chi connectivity index (χ2v) is 5.78. The molecule has 23 heavy (non-hydrogen) atoms. The predicted octanol–water partition coefficient (Wildman–Crippen LogP) is 3.26. The smallest absolute Gasteiger partial charge is 0.339 e. The van der Waals surface area contributed by atoms with Crippen LogP contribution in [0, 0.1) is 0 Å². The summed E-state index contributed by atoms with van der Waals surface area (Å²) in [6.07, 6.45) is 0. The van der Waals surface area contributed by atoms with Crippen molar-refractivity contribution in [3.63, 3.8) is 0 Å². The molecule has 0 amide bonds. The van der Waals surface area contributed by atoms with Crippen molar-refractivity contribution in [3.05, 3.63) is 56.5 Å². The van der Waals surface area contributed by atoms with Crippen molar-refractivity contribution in [3.8, 4) is 0 Å². The Morgan fingerprint density at radius 2 is 1.74 bits per heavy atom. The van der Waals surface area contributed by atoms with Crippen molar-refractivity contribution in [2.24, 2.45) is 0 Å². The van der Waals surface area contributed by atoms with E-state index in [4.69, 9.17) is 25.8 Å². The molecule has 0 bridgehead atoms. The standard InChI is InChI=1S/C16H15ClO5S/c1-20-14(18)10-8-23-16(22-3)13(15(19)21-2)12(10)9-6-4-5-7-11(9)17/h4-8,12H,1-3H3. The second-order valence-electron chi connectivity index (χ2n) is 4.53. The van der Waals surface area contributed by atoms with E-state index in [0.717, 1.165) is 11.8 Å². The van der Waals surface area contributed by atoms with Gasteiger partial charge in [0.05, 0.1) is 38.4 Å². The van der Waals surface area contributed by atoms with Crippen LogP contribution in [0.15, 0.2) is 45.9 Å². The summed E-state index contributed by atoms with van der Waals surface area (Å²) in [6.45, 7) is 0. The second kappa shape index (κ2) is 7.57. The molecular weight excluding hydrogens is 340 g/mol. The number of carbonyl (C=O) groups excluding carboxylic acids is 2. The van der Waals surface area contributed by atoms with Gasteiger partial charge < -0.3 is 14.2 Å². The lowest BCUT2D eigenvalue weighted by atomic mass is 9.85. The van der Waals surface area contributed by atoms with Crippen LogP contribution in [0.3, 0.4) is 0 Å². The minimum Gasteiger partial charge on any atom is -0.490 e. The van der Waals surface area contributed by atoms with Gasteiger partial charge >= 0.3 is 11.9 Å². The van der Waals surface area contributed by atoms with E-state index in [0.29, 0.717) is 21.3 Å². The molecule has 122 valence electrons. The van der Waals surface area contributed by atoms with E-state index in [1.54, 1.807) is 29.7 Å². The fraction of sp³-hybridized carbons (Fsp3) is 0.250. The van der Waals surface area contributed by atoms with Gasteiger partial charge in [0.1, 0.15) is 0 Å². The summed E-state index contributed by atoms with van der Waals surface area (Å²) in [6, 6.07) is 6.98. The van der Waals surface area contributed by atoms with Crippen molar-refractivity contribution in [1.82, 2.24) is 0 Å². The van der Waals surface area contributed by atoms with E-state index in [2.05, 4.69) is 0 Å². The average molecular weight is 355 g/mol. The zero-order chi connectivity index (χ0) is 17.0. The van der Waals surface area contributed by atoms with Crippen LogP contribution in [-0.4, -0.2) is 33.3 Å². The van der Waals surface area contributed by atoms with Gasteiger partial charge in [0, 0.05) is 5.02 Å². The van der Waals surface area contributed by atoms with Crippen LogP contribution in [0.2, 0.25) is 5.02 Å². The Morgan fingerprint density at radius 1 is 1.09 bits per heavy atom. The summed E-state index contributed by atoms with van der Waals surface area (Å²) >= 11 is 7.39. The Hall–Kier alpha value is -1.92. The van der Waals surface area contributed by atoms with Crippen LogP contribution >= 0.6 is 23.4 Å². The summed E-state index contributed by atoms with van der Waals surface area (Å²) < 4.78 is 15.0. The first-order valence-corrected chi connectivity index (χ1v) is 7.86. The number of thioether (sulfide) groups is 1. The van der Waals surface area contributed by atoms with E-state index < -0.39 is 17.9 Å². The van der Waals surface area contributed by atoms with E-state index in [1.807, 2.05) is 0 Å². The molecule has 0 spiro atoms. The highest BCUT2D eigenvalue weighted by molar-refractivity contribution is 8.05. The summed E-state index contributed by atoms with van der Waals surface area (Å²) in [4.78, 5) is 24.4. The summed E-state index contributed by atoms with van der Waals surface area (Å²) in [5.74, 6) is -1.85. The monoisotopic (exact) mass is 354 g/mol. The van der Waals surface area contributed by atoms with Crippen molar-refractivity contribution in [2.75, 3.05) is 21.3 Å². The first-order valence-electron chi connectivity index (χ1n) is 6.61. The van der Waals surface area contributed by atoms with Crippen LogP contribution in [0.1, 0.15) is 11.5 Å². The molecule has 1 aliphatic heterocycles. The number of hydrogen-bond acceptors (Lipinski definition) is 6. The number of ether oxygens (including phenoxy) is 3. The Bertz CT molecular complexity index is 695. The number of benzene rings is 1. The van der Waals surface area contributed by atoms with Crippen LogP contribution in [-0.2, 0) is 23.8 Å². The first-order chi connectivity index (χ1) is 11.0. The quantitative estimate of drug-likeness (QED) is 0.773. The van der Waals surface area contributed by atoms with Crippen molar-refractivity contribution in [1.29, 1.82) is 0 Å². The zero-order valence-corrected chi connectivity index (χ0v) is 14.4. The third kappa shape index (κ3) is 3.38. The molecule has 0 saturated carbocycles. The number of carbonyl (C=O) groups is 2. The molecule has 1 unspecified atom stereocenters. The number of esters is 2. The predicted molar refractivity (Wildman–Crippen MR) is 87.9 cm³/mol. The maximum absolute atomic E-state index is 12.3. The molecular formula is C16H15ClO5S. The van der Waals surface area contributed by atoms with Gasteiger partial charge in [0.25, 0.3) is 0 Å². The fourth-order valence-corrected chi connectivity index (χ4v) is 3.44. The van der Waals surface area contributed by atoms with E-state index in [9.17, 15) is 9.59 Å². The maximum atomic E-state index is 12.3. The molecule has 7 heteroatoms. The Balaban J connectivity index is 2.67. The molecule has 0 N–H and O–H groups in total. The Morgan fingerprint density at radius 3 is 2.30 bits per heavy atom. The minimum atomic E-state index is -0.722. The van der Waals surface area contributed by atoms with Crippen molar-refractivity contribution in [2.45, 2.75) is 5.92 Å². The molecule has 0 aliphatic carbocycles. The maximum Gasteiger partial charge on any atom is 0.339 e. The summed E-state index contributed by atoms with van der Waals surface area (Å²) in [5, 5.41) is 2.39. The number of halogens is 1. The van der Waals surface area contributed by atoms with Gasteiger partial charge in [-0.05, 0) is 17.0 Å². The lowest BCUT2D eigenvalue weighted by Gasteiger charge is -2.26. The largest absolute Gasteiger partial charge is 0.490 e. The first kappa shape index (κ1) is 17.4. The van der Waals surface area contributed by atoms with Gasteiger partial charge in [-0.3, -0.25) is 0 Å². The van der Waals surface area contributed by atoms with Gasteiger partial charge in [0.2, 0.25) is 0 Å². The van der Waals surface area contributed by atoms with E-state index in [-0.39, 0.29) is 5.57 Å². The fourth-order valence-electron chi connectivity index (χ4n) is 2.31. The lowest BCUT2D eigenvalue weighted by molar-refractivity contribution is -0.137. The highest BCUT2D eigenvalue weighted by Crippen LogP contribution is 2.45. The Labute approximate surface area is 143 Å². The highest BCUT2D eigenvalue weighted by Gasteiger charge is 2.38. The van der Waals surface area contributed by atoms with Gasteiger partial charge in [-0.25, -0.2) is 9.59 Å². The van der Waals surface area contributed by atoms with Gasteiger partial charge in [-0.15, -0.1) is 0 Å². The normalized spacial score (nSPS) is 17.4. The van der Waals surface area contributed by atoms with Gasteiger partial charge in [0.15, 0.2) is 5.09 Å². The number of methoxy groups -OCH3 is 3. The third-order valence-corrected chi connectivity index (χ3v) is 4.66. The van der Waals surface area contributed by atoms with Crippen molar-refractivity contribution >= 4 is 35.3 Å². The van der Waals surface area contributed by atoms with Crippen LogP contribution in [0.4, 0.5) is 0 Å². The molecule has 2 rings (SSSR count). The highest BCUT2D eigenvalue weighted by atomic mass is 35.5. The minimum absolute atomic E-state index is 0.219. The topological polar surface area (TPSA) is 61.8 Å². The van der Waals surface area contributed by atoms with Gasteiger partial charge in [-0.2, -0.15) is 0 Å². The molecule has 1 atom stereocenters. The van der Waals surface area contributed by atoms with Crippen LogP contribution < -0.4 is 0 Å². The van der Waals surface area contributed by atoms with Crippen LogP contribution in [0.5, 0.6) is 0 Å². The summed E-state index contributed by atoms with van der Waals surface area (Å²) in [5.41, 5.74) is 1.11. The molecule has 0 saturated heterocycles. The molecule has 0 fully saturated rings. The molecule has 0 radical (unpaired) electrons. The van der Waals surface area contributed by atoms with Crippen molar-refractivity contribution < 1.29 is 23.8 Å². The SMILES string of the molecule is COC(=O)C1=CSC(OC)=C(C(=O)OC)C1c1ccccc1Cl. The van der Waals surface area contributed by atoms with E-state index >= 15 is 0 Å². The molecule has 1 aliphatic rings. The number of hydrogen-bond donors (Lipinski definition) is 0. The third-order valence-electron chi connectivity index (χ3n) is 3.34.